The molecule has 12 heavy (non-hydrogen) atoms. The van der Waals surface area contributed by atoms with E-state index in [1.807, 2.05) is 0 Å². The average molecular weight is 174 g/mol. The molecule has 0 saturated heterocycles. The van der Waals surface area contributed by atoms with Crippen molar-refractivity contribution in [3.05, 3.63) is 0 Å². The molecule has 0 spiro atoms. The van der Waals surface area contributed by atoms with Crippen LogP contribution in [-0.4, -0.2) is 31.8 Å². The van der Waals surface area contributed by atoms with E-state index in [0.29, 0.717) is 12.6 Å². The van der Waals surface area contributed by atoms with Crippen LogP contribution in [-0.2, 0) is 4.74 Å². The first-order valence-electron chi connectivity index (χ1n) is 4.50. The Bertz CT molecular complexity index is 115. The van der Waals surface area contributed by atoms with E-state index < -0.39 is 0 Å². The maximum absolute atomic E-state index is 5.46. The lowest BCUT2D eigenvalue weighted by Crippen LogP contribution is -2.37. The van der Waals surface area contributed by atoms with E-state index in [2.05, 4.69) is 26.1 Å². The van der Waals surface area contributed by atoms with Gasteiger partial charge in [0.2, 0.25) is 0 Å². The zero-order valence-electron chi connectivity index (χ0n) is 8.68. The Balaban J connectivity index is 3.42. The second-order valence-corrected chi connectivity index (χ2v) is 3.80. The van der Waals surface area contributed by atoms with Crippen molar-refractivity contribution >= 4 is 0 Å². The van der Waals surface area contributed by atoms with Crippen LogP contribution in [0.5, 0.6) is 0 Å². The third kappa shape index (κ3) is 5.52. The van der Waals surface area contributed by atoms with E-state index in [9.17, 15) is 0 Å². The van der Waals surface area contributed by atoms with Gasteiger partial charge in [0.25, 0.3) is 0 Å². The second kappa shape index (κ2) is 5.51. The van der Waals surface area contributed by atoms with Crippen LogP contribution in [0.1, 0.15) is 27.2 Å². The smallest absolute Gasteiger partial charge is 0.0634 e. The minimum absolute atomic E-state index is 0.0265. The van der Waals surface area contributed by atoms with Crippen molar-refractivity contribution in [3.8, 4) is 0 Å². The summed E-state index contributed by atoms with van der Waals surface area (Å²) >= 11 is 0. The quantitative estimate of drug-likeness (QED) is 0.624. The summed E-state index contributed by atoms with van der Waals surface area (Å²) in [5, 5.41) is 3.32. The van der Waals surface area contributed by atoms with Gasteiger partial charge in [-0.05, 0) is 33.7 Å². The van der Waals surface area contributed by atoms with Gasteiger partial charge in [-0.3, -0.25) is 0 Å². The SMILES string of the molecule is COC(C)(C)CCN[C@@H](C)CN. The molecule has 0 rings (SSSR count). The highest BCUT2D eigenvalue weighted by molar-refractivity contribution is 4.70. The number of nitrogens with one attached hydrogen (secondary N) is 1. The molecule has 0 aromatic carbocycles. The summed E-state index contributed by atoms with van der Waals surface area (Å²) in [6, 6.07) is 0.401. The molecule has 0 saturated carbocycles. The highest BCUT2D eigenvalue weighted by Gasteiger charge is 2.15. The molecule has 0 unspecified atom stereocenters. The first-order chi connectivity index (χ1) is 5.52. The van der Waals surface area contributed by atoms with E-state index >= 15 is 0 Å². The van der Waals surface area contributed by atoms with Crippen LogP contribution >= 0.6 is 0 Å². The zero-order chi connectivity index (χ0) is 9.61. The largest absolute Gasteiger partial charge is 0.379 e. The minimum atomic E-state index is -0.0265. The molecule has 1 atom stereocenters. The Labute approximate surface area is 75.7 Å². The topological polar surface area (TPSA) is 47.3 Å². The first kappa shape index (κ1) is 11.9. The maximum atomic E-state index is 5.46. The molecule has 0 heterocycles. The molecule has 0 aliphatic carbocycles. The number of ether oxygens (including phenoxy) is 1. The van der Waals surface area contributed by atoms with Gasteiger partial charge in [0, 0.05) is 19.7 Å². The fourth-order valence-electron chi connectivity index (χ4n) is 0.805. The second-order valence-electron chi connectivity index (χ2n) is 3.80. The lowest BCUT2D eigenvalue weighted by molar-refractivity contribution is 0.0155. The monoisotopic (exact) mass is 174 g/mol. The van der Waals surface area contributed by atoms with Gasteiger partial charge in [-0.2, -0.15) is 0 Å². The normalized spacial score (nSPS) is 14.8. The molecule has 0 amide bonds. The Kier molecular flexibility index (Phi) is 5.46. The molecular weight excluding hydrogens is 152 g/mol. The summed E-state index contributed by atoms with van der Waals surface area (Å²) in [5.41, 5.74) is 5.43. The predicted molar refractivity (Wildman–Crippen MR) is 52.2 cm³/mol. The van der Waals surface area contributed by atoms with Gasteiger partial charge in [-0.1, -0.05) is 0 Å². The molecule has 0 fully saturated rings. The molecule has 74 valence electrons. The van der Waals surface area contributed by atoms with E-state index in [0.717, 1.165) is 13.0 Å². The van der Waals surface area contributed by atoms with Crippen LogP contribution < -0.4 is 11.1 Å². The van der Waals surface area contributed by atoms with Crippen molar-refractivity contribution in [1.82, 2.24) is 5.32 Å². The van der Waals surface area contributed by atoms with Crippen LogP contribution in [0.3, 0.4) is 0 Å². The third-order valence-corrected chi connectivity index (χ3v) is 2.13. The summed E-state index contributed by atoms with van der Waals surface area (Å²) in [5.74, 6) is 0. The molecule has 3 N–H and O–H groups in total. The first-order valence-corrected chi connectivity index (χ1v) is 4.50. The van der Waals surface area contributed by atoms with Crippen molar-refractivity contribution in [2.24, 2.45) is 5.73 Å². The van der Waals surface area contributed by atoms with Gasteiger partial charge >= 0.3 is 0 Å². The molecule has 3 nitrogen and oxygen atoms in total. The standard InChI is InChI=1S/C9H22N2O/c1-8(7-10)11-6-5-9(2,3)12-4/h8,11H,5-7,10H2,1-4H3/t8-/m0/s1. The van der Waals surface area contributed by atoms with E-state index in [4.69, 9.17) is 10.5 Å². The maximum Gasteiger partial charge on any atom is 0.0634 e. The number of nitrogens with two attached hydrogens (primary N) is 1. The Morgan fingerprint density at radius 2 is 2.08 bits per heavy atom. The Hall–Kier alpha value is -0.120. The van der Waals surface area contributed by atoms with Crippen molar-refractivity contribution in [2.75, 3.05) is 20.2 Å². The van der Waals surface area contributed by atoms with Crippen LogP contribution in [0.4, 0.5) is 0 Å². The van der Waals surface area contributed by atoms with Gasteiger partial charge < -0.3 is 15.8 Å². The summed E-state index contributed by atoms with van der Waals surface area (Å²) in [7, 11) is 1.74. The van der Waals surface area contributed by atoms with Gasteiger partial charge in [0.1, 0.15) is 0 Å². The molecule has 0 aromatic heterocycles. The molecular formula is C9H22N2O. The lowest BCUT2D eigenvalue weighted by Gasteiger charge is -2.23. The van der Waals surface area contributed by atoms with Crippen molar-refractivity contribution in [1.29, 1.82) is 0 Å². The molecule has 0 bridgehead atoms. The van der Waals surface area contributed by atoms with Crippen LogP contribution in [0.25, 0.3) is 0 Å². The van der Waals surface area contributed by atoms with Crippen LogP contribution in [0.2, 0.25) is 0 Å². The van der Waals surface area contributed by atoms with Gasteiger partial charge in [0.05, 0.1) is 5.60 Å². The molecule has 0 aromatic rings. The Morgan fingerprint density at radius 1 is 1.50 bits per heavy atom. The number of rotatable bonds is 6. The number of hydrogen-bond donors (Lipinski definition) is 2. The van der Waals surface area contributed by atoms with Gasteiger partial charge in [-0.25, -0.2) is 0 Å². The zero-order valence-corrected chi connectivity index (χ0v) is 8.68. The fourth-order valence-corrected chi connectivity index (χ4v) is 0.805. The molecule has 3 heteroatoms. The van der Waals surface area contributed by atoms with Crippen LogP contribution in [0, 0.1) is 0 Å². The van der Waals surface area contributed by atoms with Crippen molar-refractivity contribution < 1.29 is 4.74 Å². The van der Waals surface area contributed by atoms with E-state index in [1.54, 1.807) is 7.11 Å². The average Bonchev–Trinajstić information content (AvgIpc) is 2.04. The third-order valence-electron chi connectivity index (χ3n) is 2.13. The number of hydrogen-bond acceptors (Lipinski definition) is 3. The number of methoxy groups -OCH3 is 1. The minimum Gasteiger partial charge on any atom is -0.379 e. The summed E-state index contributed by atoms with van der Waals surface area (Å²) in [6.45, 7) is 7.90. The summed E-state index contributed by atoms with van der Waals surface area (Å²) in [6.07, 6.45) is 1.01. The molecule has 0 aliphatic rings. The summed E-state index contributed by atoms with van der Waals surface area (Å²) < 4.78 is 5.28. The fraction of sp³-hybridized carbons (Fsp3) is 1.00. The van der Waals surface area contributed by atoms with Crippen LogP contribution in [0.15, 0.2) is 0 Å². The van der Waals surface area contributed by atoms with Gasteiger partial charge in [-0.15, -0.1) is 0 Å². The molecule has 0 radical (unpaired) electrons. The lowest BCUT2D eigenvalue weighted by atomic mass is 10.1. The Morgan fingerprint density at radius 3 is 2.50 bits per heavy atom. The van der Waals surface area contributed by atoms with E-state index in [1.165, 1.54) is 0 Å². The predicted octanol–water partition coefficient (Wildman–Crippen LogP) is 0.738. The van der Waals surface area contributed by atoms with Crippen molar-refractivity contribution in [2.45, 2.75) is 38.8 Å². The van der Waals surface area contributed by atoms with Crippen molar-refractivity contribution in [3.63, 3.8) is 0 Å². The van der Waals surface area contributed by atoms with E-state index in [-0.39, 0.29) is 5.60 Å². The van der Waals surface area contributed by atoms with Gasteiger partial charge in [0.15, 0.2) is 0 Å². The highest BCUT2D eigenvalue weighted by Crippen LogP contribution is 2.11. The summed E-state index contributed by atoms with van der Waals surface area (Å²) in [4.78, 5) is 0. The highest BCUT2D eigenvalue weighted by atomic mass is 16.5. The molecule has 0 aliphatic heterocycles.